The molecule has 1 aliphatic carbocycles. The molecular formula is C26H38O4. The molecule has 0 amide bonds. The average Bonchev–Trinajstić information content (AvgIpc) is 2.60. The lowest BCUT2D eigenvalue weighted by Gasteiger charge is -2.32. The highest BCUT2D eigenvalue weighted by Crippen LogP contribution is 2.40. The van der Waals surface area contributed by atoms with Crippen molar-refractivity contribution in [3.8, 4) is 0 Å². The van der Waals surface area contributed by atoms with Gasteiger partial charge in [-0.15, -0.1) is 0 Å². The summed E-state index contributed by atoms with van der Waals surface area (Å²) >= 11 is 0. The Bertz CT molecular complexity index is 786. The van der Waals surface area contributed by atoms with Crippen molar-refractivity contribution in [2.45, 2.75) is 74.1 Å². The van der Waals surface area contributed by atoms with Crippen LogP contribution in [-0.4, -0.2) is 23.7 Å². The van der Waals surface area contributed by atoms with Crippen molar-refractivity contribution in [3.05, 3.63) is 58.7 Å². The Balaban J connectivity index is 2.61. The molecule has 0 radical (unpaired) electrons. The van der Waals surface area contributed by atoms with Crippen LogP contribution in [0.3, 0.4) is 0 Å². The number of aliphatic carboxylic acids is 1. The molecule has 0 saturated carbocycles. The molecular weight excluding hydrogens is 376 g/mol. The summed E-state index contributed by atoms with van der Waals surface area (Å²) in [5, 5.41) is 9.07. The van der Waals surface area contributed by atoms with Crippen molar-refractivity contribution in [1.82, 2.24) is 0 Å². The molecule has 166 valence electrons. The van der Waals surface area contributed by atoms with E-state index in [-0.39, 0.29) is 18.4 Å². The number of carboxylic acids is 1. The van der Waals surface area contributed by atoms with Gasteiger partial charge < -0.3 is 9.84 Å². The Hall–Kier alpha value is -2.36. The fraction of sp³-hybridized carbons (Fsp3) is 0.538. The van der Waals surface area contributed by atoms with E-state index in [9.17, 15) is 9.59 Å². The number of carbonyl (C=O) groups excluding carboxylic acids is 1. The summed E-state index contributed by atoms with van der Waals surface area (Å²) in [6.07, 6.45) is 15.5. The van der Waals surface area contributed by atoms with E-state index in [1.54, 1.807) is 13.8 Å². The van der Waals surface area contributed by atoms with Gasteiger partial charge in [0.2, 0.25) is 0 Å². The summed E-state index contributed by atoms with van der Waals surface area (Å²) in [5.41, 5.74) is 4.16. The van der Waals surface area contributed by atoms with Crippen molar-refractivity contribution >= 4 is 11.9 Å². The van der Waals surface area contributed by atoms with Gasteiger partial charge in [0.1, 0.15) is 0 Å². The fourth-order valence-electron chi connectivity index (χ4n) is 3.42. The molecule has 4 nitrogen and oxygen atoms in total. The van der Waals surface area contributed by atoms with Gasteiger partial charge in [0.15, 0.2) is 0 Å². The van der Waals surface area contributed by atoms with Gasteiger partial charge >= 0.3 is 11.9 Å². The summed E-state index contributed by atoms with van der Waals surface area (Å²) in [5.74, 6) is -1.36. The smallest absolute Gasteiger partial charge is 0.331 e. The van der Waals surface area contributed by atoms with Crippen molar-refractivity contribution in [1.29, 1.82) is 0 Å². The van der Waals surface area contributed by atoms with Gasteiger partial charge in [-0.1, -0.05) is 55.4 Å². The van der Waals surface area contributed by atoms with Crippen LogP contribution in [0.4, 0.5) is 0 Å². The quantitative estimate of drug-likeness (QED) is 0.263. The third-order valence-electron chi connectivity index (χ3n) is 5.67. The Labute approximate surface area is 182 Å². The minimum absolute atomic E-state index is 0.0844. The Morgan fingerprint density at radius 2 is 1.83 bits per heavy atom. The van der Waals surface area contributed by atoms with Crippen molar-refractivity contribution in [2.75, 3.05) is 6.61 Å². The molecule has 0 unspecified atom stereocenters. The van der Waals surface area contributed by atoms with Crippen molar-refractivity contribution in [2.24, 2.45) is 10.8 Å². The van der Waals surface area contributed by atoms with Crippen LogP contribution in [-0.2, 0) is 14.3 Å². The predicted molar refractivity (Wildman–Crippen MR) is 123 cm³/mol. The van der Waals surface area contributed by atoms with E-state index in [0.29, 0.717) is 0 Å². The summed E-state index contributed by atoms with van der Waals surface area (Å²) in [6.45, 7) is 14.1. The second-order valence-corrected chi connectivity index (χ2v) is 9.53. The highest BCUT2D eigenvalue weighted by molar-refractivity contribution is 5.83. The molecule has 0 saturated heterocycles. The van der Waals surface area contributed by atoms with Gasteiger partial charge in [0.05, 0.1) is 12.0 Å². The maximum absolute atomic E-state index is 11.9. The van der Waals surface area contributed by atoms with E-state index in [1.165, 1.54) is 36.5 Å². The zero-order valence-corrected chi connectivity index (χ0v) is 19.7. The maximum Gasteiger partial charge on any atom is 0.331 e. The first kappa shape index (κ1) is 25.7. The van der Waals surface area contributed by atoms with Gasteiger partial charge in [0, 0.05) is 6.08 Å². The first-order valence-corrected chi connectivity index (χ1v) is 10.7. The minimum atomic E-state index is -0.907. The number of rotatable bonds is 9. The van der Waals surface area contributed by atoms with Gasteiger partial charge in [0.25, 0.3) is 0 Å². The summed E-state index contributed by atoms with van der Waals surface area (Å²) in [6, 6.07) is 0. The molecule has 1 aliphatic rings. The lowest BCUT2D eigenvalue weighted by molar-refractivity contribution is -0.150. The van der Waals surface area contributed by atoms with E-state index in [1.807, 2.05) is 25.2 Å². The molecule has 0 aromatic rings. The molecule has 1 N–H and O–H groups in total. The molecule has 4 heteroatoms. The number of esters is 1. The summed E-state index contributed by atoms with van der Waals surface area (Å²) in [7, 11) is 0. The van der Waals surface area contributed by atoms with Crippen LogP contribution in [0.15, 0.2) is 58.7 Å². The Morgan fingerprint density at radius 3 is 2.43 bits per heavy atom. The van der Waals surface area contributed by atoms with Crippen LogP contribution < -0.4 is 0 Å². The molecule has 0 aromatic heterocycles. The first-order valence-electron chi connectivity index (χ1n) is 10.7. The largest absolute Gasteiger partial charge is 0.481 e. The number of hydrogen-bond donors (Lipinski definition) is 1. The van der Waals surface area contributed by atoms with Crippen molar-refractivity contribution in [3.63, 3.8) is 0 Å². The number of ether oxygens (including phenoxy) is 1. The lowest BCUT2D eigenvalue weighted by Crippen LogP contribution is -2.25. The van der Waals surface area contributed by atoms with E-state index >= 15 is 0 Å². The molecule has 0 aromatic carbocycles. The lowest BCUT2D eigenvalue weighted by atomic mass is 9.72. The Kier molecular flexibility index (Phi) is 9.54. The highest BCUT2D eigenvalue weighted by atomic mass is 16.5. The predicted octanol–water partition coefficient (Wildman–Crippen LogP) is 6.56. The molecule has 0 heterocycles. The number of hydrogen-bond acceptors (Lipinski definition) is 3. The Morgan fingerprint density at radius 1 is 1.17 bits per heavy atom. The van der Waals surface area contributed by atoms with E-state index in [4.69, 9.17) is 9.84 Å². The number of carboxylic acid groups (broad SMARTS) is 1. The van der Waals surface area contributed by atoms with Gasteiger partial charge in [-0.2, -0.15) is 0 Å². The normalized spacial score (nSPS) is 18.4. The van der Waals surface area contributed by atoms with Gasteiger partial charge in [-0.25, -0.2) is 4.79 Å². The van der Waals surface area contributed by atoms with Crippen molar-refractivity contribution < 1.29 is 19.4 Å². The van der Waals surface area contributed by atoms with Crippen LogP contribution in [0.5, 0.6) is 0 Å². The zero-order valence-electron chi connectivity index (χ0n) is 19.7. The molecule has 1 rings (SSSR count). The van der Waals surface area contributed by atoms with Crippen LogP contribution in [0.2, 0.25) is 0 Å². The van der Waals surface area contributed by atoms with E-state index < -0.39 is 17.4 Å². The van der Waals surface area contributed by atoms with Crippen LogP contribution in [0, 0.1) is 10.8 Å². The first-order chi connectivity index (χ1) is 13.8. The van der Waals surface area contributed by atoms with E-state index in [0.717, 1.165) is 11.1 Å². The molecule has 0 bridgehead atoms. The SMILES string of the molecule is CC(C=CC1=C(C)CCCC1(C)C)=CC=CC(C)=CC(=O)OCCC(C)(C)C(=O)O. The standard InChI is InChI=1S/C26H38O4/c1-19(13-14-22-21(3)12-9-15-25(22,4)5)10-8-11-20(2)18-23(27)30-17-16-26(6,7)24(28)29/h8,10-11,13-14,18H,9,12,15-17H2,1-7H3,(H,28,29). The number of allylic oxidation sites excluding steroid dienone is 9. The molecule has 0 atom stereocenters. The number of carbonyl (C=O) groups is 2. The fourth-order valence-corrected chi connectivity index (χ4v) is 3.42. The highest BCUT2D eigenvalue weighted by Gasteiger charge is 2.27. The molecule has 0 spiro atoms. The van der Waals surface area contributed by atoms with Gasteiger partial charge in [-0.3, -0.25) is 4.79 Å². The van der Waals surface area contributed by atoms with Crippen LogP contribution >= 0.6 is 0 Å². The van der Waals surface area contributed by atoms with Crippen LogP contribution in [0.1, 0.15) is 74.1 Å². The van der Waals surface area contributed by atoms with E-state index in [2.05, 4.69) is 39.8 Å². The molecule has 30 heavy (non-hydrogen) atoms. The summed E-state index contributed by atoms with van der Waals surface area (Å²) in [4.78, 5) is 22.9. The third kappa shape index (κ3) is 8.56. The third-order valence-corrected chi connectivity index (χ3v) is 5.67. The average molecular weight is 415 g/mol. The topological polar surface area (TPSA) is 63.6 Å². The second-order valence-electron chi connectivity index (χ2n) is 9.53. The minimum Gasteiger partial charge on any atom is -0.481 e. The second kappa shape index (κ2) is 11.1. The van der Waals surface area contributed by atoms with Gasteiger partial charge in [-0.05, 0) is 76.9 Å². The molecule has 0 aliphatic heterocycles. The zero-order chi connectivity index (χ0) is 22.9. The maximum atomic E-state index is 11.9. The van der Waals surface area contributed by atoms with Crippen LogP contribution in [0.25, 0.3) is 0 Å². The molecule has 0 fully saturated rings. The summed E-state index contributed by atoms with van der Waals surface area (Å²) < 4.78 is 5.12. The monoisotopic (exact) mass is 414 g/mol.